The van der Waals surface area contributed by atoms with Gasteiger partial charge >= 0.3 is 0 Å². The number of nitrogens with one attached hydrogen (secondary N) is 1. The average molecular weight is 418 g/mol. The van der Waals surface area contributed by atoms with Crippen LogP contribution in [0.25, 0.3) is 5.65 Å². The molecule has 2 heterocycles. The maximum absolute atomic E-state index is 14.2. The fourth-order valence-electron chi connectivity index (χ4n) is 3.57. The van der Waals surface area contributed by atoms with E-state index >= 15 is 0 Å². The fourth-order valence-corrected chi connectivity index (χ4v) is 3.57. The Morgan fingerprint density at radius 2 is 1.87 bits per heavy atom. The number of aromatic nitrogens is 3. The van der Waals surface area contributed by atoms with Crippen LogP contribution >= 0.6 is 0 Å². The molecule has 4 aromatic rings. The van der Waals surface area contributed by atoms with Gasteiger partial charge in [0, 0.05) is 24.2 Å². The second kappa shape index (κ2) is 8.95. The summed E-state index contributed by atoms with van der Waals surface area (Å²) in [7, 11) is 1.53. The van der Waals surface area contributed by atoms with Crippen LogP contribution in [0.5, 0.6) is 5.88 Å². The van der Waals surface area contributed by atoms with Crippen molar-refractivity contribution >= 4 is 11.6 Å². The first-order valence-electron chi connectivity index (χ1n) is 10.0. The number of nitrogens with zero attached hydrogens (tertiary/aromatic N) is 3. The van der Waals surface area contributed by atoms with Gasteiger partial charge in [0.1, 0.15) is 11.4 Å². The third kappa shape index (κ3) is 4.26. The summed E-state index contributed by atoms with van der Waals surface area (Å²) < 4.78 is 21.3. The number of amides is 1. The third-order valence-electron chi connectivity index (χ3n) is 5.21. The minimum absolute atomic E-state index is 0.248. The molecule has 0 aliphatic carbocycles. The number of carbonyl (C=O) groups excluding carboxylic acids is 1. The maximum atomic E-state index is 14.2. The SMILES string of the molecule is COc1c(Cc2ccccc2F)c(C)nc2c(C(=O)NCCc3ccccc3)cnn12. The van der Waals surface area contributed by atoms with Gasteiger partial charge in [-0.3, -0.25) is 4.79 Å². The number of carbonyl (C=O) groups is 1. The summed E-state index contributed by atoms with van der Waals surface area (Å²) in [6.45, 7) is 2.32. The highest BCUT2D eigenvalue weighted by Gasteiger charge is 2.21. The molecule has 6 nitrogen and oxygen atoms in total. The van der Waals surface area contributed by atoms with E-state index in [4.69, 9.17) is 4.74 Å². The van der Waals surface area contributed by atoms with E-state index in [0.717, 1.165) is 17.5 Å². The summed E-state index contributed by atoms with van der Waals surface area (Å²) in [5, 5.41) is 7.24. The van der Waals surface area contributed by atoms with Gasteiger partial charge in [0.15, 0.2) is 5.65 Å². The molecule has 0 saturated heterocycles. The zero-order chi connectivity index (χ0) is 21.8. The van der Waals surface area contributed by atoms with Crippen LogP contribution < -0.4 is 10.1 Å². The van der Waals surface area contributed by atoms with Crippen molar-refractivity contribution in [2.75, 3.05) is 13.7 Å². The molecule has 0 radical (unpaired) electrons. The van der Waals surface area contributed by atoms with Gasteiger partial charge in [-0.15, -0.1) is 0 Å². The number of methoxy groups -OCH3 is 1. The van der Waals surface area contributed by atoms with Crippen molar-refractivity contribution in [2.45, 2.75) is 19.8 Å². The molecular formula is C24H23FN4O2. The molecule has 0 atom stereocenters. The number of hydrogen-bond donors (Lipinski definition) is 1. The minimum atomic E-state index is -0.289. The normalized spacial score (nSPS) is 10.9. The Balaban J connectivity index is 1.60. The van der Waals surface area contributed by atoms with Crippen LogP contribution in [0, 0.1) is 12.7 Å². The lowest BCUT2D eigenvalue weighted by Gasteiger charge is -2.13. The number of rotatable bonds is 7. The van der Waals surface area contributed by atoms with Crippen LogP contribution in [-0.4, -0.2) is 34.2 Å². The lowest BCUT2D eigenvalue weighted by atomic mass is 10.0. The van der Waals surface area contributed by atoms with E-state index in [2.05, 4.69) is 15.4 Å². The number of fused-ring (bicyclic) bond motifs is 1. The van der Waals surface area contributed by atoms with Crippen LogP contribution in [0.4, 0.5) is 4.39 Å². The summed E-state index contributed by atoms with van der Waals surface area (Å²) in [5.74, 6) is -0.0983. The smallest absolute Gasteiger partial charge is 0.256 e. The highest BCUT2D eigenvalue weighted by Crippen LogP contribution is 2.27. The molecule has 1 N–H and O–H groups in total. The molecule has 0 unspecified atom stereocenters. The van der Waals surface area contributed by atoms with Crippen molar-refractivity contribution in [2.24, 2.45) is 0 Å². The van der Waals surface area contributed by atoms with Gasteiger partial charge in [0.05, 0.1) is 13.3 Å². The van der Waals surface area contributed by atoms with Crippen molar-refractivity contribution < 1.29 is 13.9 Å². The number of halogens is 1. The Morgan fingerprint density at radius 1 is 1.13 bits per heavy atom. The van der Waals surface area contributed by atoms with Gasteiger partial charge < -0.3 is 10.1 Å². The van der Waals surface area contributed by atoms with E-state index in [0.29, 0.717) is 41.3 Å². The van der Waals surface area contributed by atoms with Crippen molar-refractivity contribution in [3.8, 4) is 5.88 Å². The number of aryl methyl sites for hydroxylation is 1. The molecule has 4 rings (SSSR count). The first kappa shape index (κ1) is 20.5. The summed E-state index contributed by atoms with van der Waals surface area (Å²) in [6.07, 6.45) is 2.52. The molecule has 0 spiro atoms. The molecule has 0 aliphatic heterocycles. The molecule has 31 heavy (non-hydrogen) atoms. The summed E-state index contributed by atoms with van der Waals surface area (Å²) in [6, 6.07) is 16.5. The van der Waals surface area contributed by atoms with Gasteiger partial charge in [0.25, 0.3) is 5.91 Å². The van der Waals surface area contributed by atoms with Gasteiger partial charge in [-0.1, -0.05) is 48.5 Å². The van der Waals surface area contributed by atoms with Gasteiger partial charge in [-0.05, 0) is 30.5 Å². The minimum Gasteiger partial charge on any atom is -0.481 e. The molecule has 7 heteroatoms. The van der Waals surface area contributed by atoms with E-state index in [1.807, 2.05) is 37.3 Å². The summed E-state index contributed by atoms with van der Waals surface area (Å²) in [4.78, 5) is 17.3. The standard InChI is InChI=1S/C24H23FN4O2/c1-16-19(14-18-10-6-7-11-21(18)25)24(31-2)29-22(28-16)20(15-27-29)23(30)26-13-12-17-8-4-3-5-9-17/h3-11,15H,12-14H2,1-2H3,(H,26,30). The predicted octanol–water partition coefficient (Wildman–Crippen LogP) is 3.75. The van der Waals surface area contributed by atoms with Crippen molar-refractivity contribution in [3.63, 3.8) is 0 Å². The Bertz CT molecular complexity index is 1220. The second-order valence-electron chi connectivity index (χ2n) is 7.24. The quantitative estimate of drug-likeness (QED) is 0.496. The number of hydrogen-bond acceptors (Lipinski definition) is 4. The van der Waals surface area contributed by atoms with E-state index in [1.54, 1.807) is 18.2 Å². The number of benzene rings is 2. The van der Waals surface area contributed by atoms with Crippen LogP contribution in [-0.2, 0) is 12.8 Å². The Morgan fingerprint density at radius 3 is 2.61 bits per heavy atom. The molecule has 158 valence electrons. The molecule has 0 aliphatic rings. The molecule has 1 amide bonds. The topological polar surface area (TPSA) is 68.5 Å². The van der Waals surface area contributed by atoms with Gasteiger partial charge in [-0.25, -0.2) is 9.37 Å². The summed E-state index contributed by atoms with van der Waals surface area (Å²) >= 11 is 0. The summed E-state index contributed by atoms with van der Waals surface area (Å²) in [5.41, 5.74) is 3.84. The molecule has 2 aromatic carbocycles. The first-order valence-corrected chi connectivity index (χ1v) is 10.0. The largest absolute Gasteiger partial charge is 0.481 e. The number of ether oxygens (including phenoxy) is 1. The predicted molar refractivity (Wildman–Crippen MR) is 116 cm³/mol. The van der Waals surface area contributed by atoms with Crippen molar-refractivity contribution in [3.05, 3.63) is 94.6 Å². The van der Waals surface area contributed by atoms with Crippen LogP contribution in [0.1, 0.15) is 32.7 Å². The molecule has 0 bridgehead atoms. The molecule has 2 aromatic heterocycles. The van der Waals surface area contributed by atoms with Gasteiger partial charge in [0.2, 0.25) is 5.88 Å². The lowest BCUT2D eigenvalue weighted by molar-refractivity contribution is 0.0955. The fraction of sp³-hybridized carbons (Fsp3) is 0.208. The van der Waals surface area contributed by atoms with Crippen molar-refractivity contribution in [1.29, 1.82) is 0 Å². The third-order valence-corrected chi connectivity index (χ3v) is 5.21. The van der Waals surface area contributed by atoms with E-state index < -0.39 is 0 Å². The zero-order valence-corrected chi connectivity index (χ0v) is 17.4. The van der Waals surface area contributed by atoms with E-state index in [-0.39, 0.29) is 11.7 Å². The first-order chi connectivity index (χ1) is 15.1. The van der Waals surface area contributed by atoms with Crippen LogP contribution in [0.2, 0.25) is 0 Å². The average Bonchev–Trinajstić information content (AvgIpc) is 3.19. The lowest BCUT2D eigenvalue weighted by Crippen LogP contribution is -2.25. The highest BCUT2D eigenvalue weighted by atomic mass is 19.1. The van der Waals surface area contributed by atoms with Crippen LogP contribution in [0.15, 0.2) is 60.8 Å². The highest BCUT2D eigenvalue weighted by molar-refractivity contribution is 5.99. The second-order valence-corrected chi connectivity index (χ2v) is 7.24. The molecule has 0 fully saturated rings. The Hall–Kier alpha value is -3.74. The maximum Gasteiger partial charge on any atom is 0.256 e. The molecular weight excluding hydrogens is 395 g/mol. The zero-order valence-electron chi connectivity index (χ0n) is 17.4. The molecule has 0 saturated carbocycles. The Kier molecular flexibility index (Phi) is 5.93. The van der Waals surface area contributed by atoms with E-state index in [9.17, 15) is 9.18 Å². The Labute approximate surface area is 179 Å². The van der Waals surface area contributed by atoms with Gasteiger partial charge in [-0.2, -0.15) is 9.61 Å². The monoisotopic (exact) mass is 418 g/mol. The van der Waals surface area contributed by atoms with Crippen LogP contribution in [0.3, 0.4) is 0 Å². The van der Waals surface area contributed by atoms with Crippen molar-refractivity contribution in [1.82, 2.24) is 19.9 Å². The van der Waals surface area contributed by atoms with E-state index in [1.165, 1.54) is 23.9 Å².